The molecule has 0 saturated heterocycles. The van der Waals surface area contributed by atoms with Crippen LogP contribution in [0.25, 0.3) is 0 Å². The second-order valence-corrected chi connectivity index (χ2v) is 4.24. The number of furan rings is 1. The van der Waals surface area contributed by atoms with Gasteiger partial charge in [-0.1, -0.05) is 0 Å². The minimum Gasteiger partial charge on any atom is -0.480 e. The SMILES string of the molecule is CC(NC(=O)c1ccco1)C(=O)N[C@H](C(=O)O)[C@@H](C)O. The molecule has 2 amide bonds. The summed E-state index contributed by atoms with van der Waals surface area (Å²) in [5.74, 6) is -2.65. The number of amides is 2. The monoisotopic (exact) mass is 284 g/mol. The molecule has 0 bridgehead atoms. The maximum atomic E-state index is 11.7. The molecule has 0 spiro atoms. The van der Waals surface area contributed by atoms with Gasteiger partial charge in [-0.3, -0.25) is 9.59 Å². The van der Waals surface area contributed by atoms with Gasteiger partial charge in [-0.2, -0.15) is 0 Å². The summed E-state index contributed by atoms with van der Waals surface area (Å²) in [4.78, 5) is 34.2. The van der Waals surface area contributed by atoms with Crippen molar-refractivity contribution in [3.05, 3.63) is 24.2 Å². The average Bonchev–Trinajstić information content (AvgIpc) is 2.88. The summed E-state index contributed by atoms with van der Waals surface area (Å²) in [7, 11) is 0. The molecule has 1 aromatic heterocycles. The second kappa shape index (κ2) is 6.71. The Morgan fingerprint density at radius 1 is 1.25 bits per heavy atom. The highest BCUT2D eigenvalue weighted by atomic mass is 16.4. The van der Waals surface area contributed by atoms with E-state index in [2.05, 4.69) is 10.6 Å². The number of carbonyl (C=O) groups excluding carboxylic acids is 2. The number of carboxylic acids is 1. The largest absolute Gasteiger partial charge is 0.480 e. The Balaban J connectivity index is 2.59. The van der Waals surface area contributed by atoms with E-state index >= 15 is 0 Å². The molecule has 20 heavy (non-hydrogen) atoms. The van der Waals surface area contributed by atoms with Crippen molar-refractivity contribution < 1.29 is 29.0 Å². The highest BCUT2D eigenvalue weighted by Gasteiger charge is 2.27. The van der Waals surface area contributed by atoms with Crippen molar-refractivity contribution in [2.75, 3.05) is 0 Å². The number of carboxylic acid groups (broad SMARTS) is 1. The Morgan fingerprint density at radius 2 is 1.90 bits per heavy atom. The van der Waals surface area contributed by atoms with Gasteiger partial charge in [0.1, 0.15) is 6.04 Å². The summed E-state index contributed by atoms with van der Waals surface area (Å²) in [5, 5.41) is 22.6. The van der Waals surface area contributed by atoms with Crippen molar-refractivity contribution in [1.82, 2.24) is 10.6 Å². The van der Waals surface area contributed by atoms with Gasteiger partial charge >= 0.3 is 5.97 Å². The fraction of sp³-hybridized carbons (Fsp3) is 0.417. The van der Waals surface area contributed by atoms with Crippen LogP contribution in [0.1, 0.15) is 24.4 Å². The number of hydrogen-bond donors (Lipinski definition) is 4. The molecule has 8 heteroatoms. The molecule has 0 radical (unpaired) electrons. The van der Waals surface area contributed by atoms with Crippen molar-refractivity contribution in [1.29, 1.82) is 0 Å². The van der Waals surface area contributed by atoms with Crippen LogP contribution in [0.15, 0.2) is 22.8 Å². The Bertz CT molecular complexity index is 482. The summed E-state index contributed by atoms with van der Waals surface area (Å²) >= 11 is 0. The van der Waals surface area contributed by atoms with E-state index in [0.717, 1.165) is 0 Å². The molecule has 8 nitrogen and oxygen atoms in total. The lowest BCUT2D eigenvalue weighted by molar-refractivity contribution is -0.145. The summed E-state index contributed by atoms with van der Waals surface area (Å²) in [6.07, 6.45) is 0.0533. The van der Waals surface area contributed by atoms with E-state index in [-0.39, 0.29) is 5.76 Å². The van der Waals surface area contributed by atoms with Crippen LogP contribution in [0, 0.1) is 0 Å². The lowest BCUT2D eigenvalue weighted by atomic mass is 10.1. The summed E-state index contributed by atoms with van der Waals surface area (Å²) in [6, 6.07) is 0.530. The molecule has 0 aliphatic rings. The molecule has 0 saturated carbocycles. The molecule has 1 aromatic rings. The van der Waals surface area contributed by atoms with E-state index < -0.39 is 36.0 Å². The second-order valence-electron chi connectivity index (χ2n) is 4.24. The maximum Gasteiger partial charge on any atom is 0.328 e. The molecule has 4 N–H and O–H groups in total. The third kappa shape index (κ3) is 4.09. The highest BCUT2D eigenvalue weighted by Crippen LogP contribution is 2.00. The molecular formula is C12H16N2O6. The molecule has 3 atom stereocenters. The number of carbonyl (C=O) groups is 3. The minimum absolute atomic E-state index is 0.0370. The molecule has 0 aliphatic carbocycles. The van der Waals surface area contributed by atoms with Crippen molar-refractivity contribution in [3.63, 3.8) is 0 Å². The third-order valence-corrected chi connectivity index (χ3v) is 2.53. The quantitative estimate of drug-likeness (QED) is 0.549. The fourth-order valence-corrected chi connectivity index (χ4v) is 1.41. The van der Waals surface area contributed by atoms with Crippen LogP contribution in [-0.4, -0.2) is 46.2 Å². The molecule has 1 heterocycles. The predicted octanol–water partition coefficient (Wildman–Crippen LogP) is -0.652. The van der Waals surface area contributed by atoms with Crippen LogP contribution in [0.5, 0.6) is 0 Å². The summed E-state index contributed by atoms with van der Waals surface area (Å²) in [5.41, 5.74) is 0. The van der Waals surface area contributed by atoms with E-state index in [4.69, 9.17) is 9.52 Å². The van der Waals surface area contributed by atoms with Gasteiger partial charge in [0, 0.05) is 0 Å². The predicted molar refractivity (Wildman–Crippen MR) is 66.9 cm³/mol. The van der Waals surface area contributed by atoms with E-state index in [1.54, 1.807) is 0 Å². The Hall–Kier alpha value is -2.35. The van der Waals surface area contributed by atoms with E-state index in [1.165, 1.54) is 32.2 Å². The van der Waals surface area contributed by atoms with Gasteiger partial charge in [0.15, 0.2) is 11.8 Å². The number of aliphatic hydroxyl groups is 1. The normalized spacial score (nSPS) is 14.9. The van der Waals surface area contributed by atoms with Crippen LogP contribution in [0.3, 0.4) is 0 Å². The first-order valence-electron chi connectivity index (χ1n) is 5.88. The van der Waals surface area contributed by atoms with E-state index in [1.807, 2.05) is 0 Å². The van der Waals surface area contributed by atoms with Crippen LogP contribution < -0.4 is 10.6 Å². The number of hydrogen-bond acceptors (Lipinski definition) is 5. The van der Waals surface area contributed by atoms with Gasteiger partial charge in [-0.15, -0.1) is 0 Å². The van der Waals surface area contributed by atoms with Crippen molar-refractivity contribution in [3.8, 4) is 0 Å². The first-order chi connectivity index (χ1) is 9.32. The number of nitrogens with one attached hydrogen (secondary N) is 2. The van der Waals surface area contributed by atoms with E-state index in [0.29, 0.717) is 0 Å². The first-order valence-corrected chi connectivity index (χ1v) is 5.88. The minimum atomic E-state index is -1.44. The van der Waals surface area contributed by atoms with Crippen LogP contribution in [0.2, 0.25) is 0 Å². The zero-order chi connectivity index (χ0) is 15.3. The topological polar surface area (TPSA) is 129 Å². The third-order valence-electron chi connectivity index (χ3n) is 2.53. The summed E-state index contributed by atoms with van der Waals surface area (Å²) in [6.45, 7) is 2.63. The Kier molecular flexibility index (Phi) is 5.27. The number of rotatable bonds is 6. The highest BCUT2D eigenvalue weighted by molar-refractivity contribution is 5.96. The van der Waals surface area contributed by atoms with Gasteiger partial charge in [0.05, 0.1) is 12.4 Å². The first kappa shape index (κ1) is 15.7. The maximum absolute atomic E-state index is 11.7. The Labute approximate surface area is 114 Å². The molecule has 1 unspecified atom stereocenters. The molecular weight excluding hydrogens is 268 g/mol. The van der Waals surface area contributed by atoms with Gasteiger partial charge in [0.2, 0.25) is 5.91 Å². The molecule has 110 valence electrons. The smallest absolute Gasteiger partial charge is 0.328 e. The van der Waals surface area contributed by atoms with Gasteiger partial charge in [-0.25, -0.2) is 4.79 Å². The fourth-order valence-electron chi connectivity index (χ4n) is 1.41. The van der Waals surface area contributed by atoms with Crippen LogP contribution in [-0.2, 0) is 9.59 Å². The van der Waals surface area contributed by atoms with E-state index in [9.17, 15) is 19.5 Å². The zero-order valence-electron chi connectivity index (χ0n) is 11.0. The standard InChI is InChI=1S/C12H16N2O6/c1-6(13-11(17)8-4-3-5-20-8)10(16)14-9(7(2)15)12(18)19/h3-7,9,15H,1-2H3,(H,13,17)(H,14,16)(H,18,19)/t6?,7-,9+/m1/s1. The van der Waals surface area contributed by atoms with Crippen molar-refractivity contribution in [2.45, 2.75) is 32.0 Å². The van der Waals surface area contributed by atoms with Gasteiger partial charge in [0.25, 0.3) is 5.91 Å². The summed E-state index contributed by atoms with van der Waals surface area (Å²) < 4.78 is 4.86. The molecule has 0 aromatic carbocycles. The lowest BCUT2D eigenvalue weighted by Crippen LogP contribution is -2.53. The average molecular weight is 284 g/mol. The van der Waals surface area contributed by atoms with Crippen molar-refractivity contribution in [2.24, 2.45) is 0 Å². The molecule has 1 rings (SSSR count). The number of aliphatic hydroxyl groups excluding tert-OH is 1. The molecule has 0 aliphatic heterocycles. The van der Waals surface area contributed by atoms with Gasteiger partial charge in [-0.05, 0) is 26.0 Å². The number of aliphatic carboxylic acids is 1. The van der Waals surface area contributed by atoms with Crippen LogP contribution >= 0.6 is 0 Å². The lowest BCUT2D eigenvalue weighted by Gasteiger charge is -2.20. The zero-order valence-corrected chi connectivity index (χ0v) is 11.0. The Morgan fingerprint density at radius 3 is 2.35 bits per heavy atom. The van der Waals surface area contributed by atoms with Crippen LogP contribution in [0.4, 0.5) is 0 Å². The van der Waals surface area contributed by atoms with Crippen molar-refractivity contribution >= 4 is 17.8 Å². The molecule has 0 fully saturated rings. The van der Waals surface area contributed by atoms with Gasteiger partial charge < -0.3 is 25.3 Å².